The van der Waals surface area contributed by atoms with E-state index in [1.165, 1.54) is 32.1 Å². The van der Waals surface area contributed by atoms with Gasteiger partial charge in [0.15, 0.2) is 0 Å². The zero-order valence-corrected chi connectivity index (χ0v) is 10.6. The van der Waals surface area contributed by atoms with Crippen molar-refractivity contribution < 1.29 is 0 Å². The summed E-state index contributed by atoms with van der Waals surface area (Å²) in [6.07, 6.45) is 6.48. The first-order chi connectivity index (χ1) is 5.22. The van der Waals surface area contributed by atoms with Gasteiger partial charge in [-0.25, -0.2) is 0 Å². The maximum atomic E-state index is 3.70. The normalized spacial score (nSPS) is 16.4. The first-order valence-electron chi connectivity index (χ1n) is 4.50. The van der Waals surface area contributed by atoms with Crippen molar-refractivity contribution in [3.8, 4) is 0 Å². The summed E-state index contributed by atoms with van der Waals surface area (Å²) in [7, 11) is 0. The topological polar surface area (TPSA) is 0 Å². The molecule has 0 N–H and O–H groups in total. The van der Waals surface area contributed by atoms with Gasteiger partial charge in [-0.3, -0.25) is 0 Å². The van der Waals surface area contributed by atoms with E-state index in [0.717, 1.165) is 0 Å². The first-order valence-corrected chi connectivity index (χ1v) is 6.33. The Morgan fingerprint density at radius 1 is 0.909 bits per heavy atom. The highest BCUT2D eigenvalue weighted by Gasteiger charge is 2.13. The smallest absolute Gasteiger partial charge is 0.0271 e. The van der Waals surface area contributed by atoms with E-state index in [1.54, 1.807) is 0 Å². The molecule has 0 radical (unpaired) electrons. The molecule has 0 amide bonds. The molecule has 0 bridgehead atoms. The Bertz CT molecular complexity index is 83.6. The molecule has 0 aromatic carbocycles. The van der Waals surface area contributed by atoms with Crippen LogP contribution in [0.1, 0.15) is 46.0 Å². The van der Waals surface area contributed by atoms with Gasteiger partial charge in [-0.15, -0.1) is 0 Å². The van der Waals surface area contributed by atoms with Crippen molar-refractivity contribution in [3.63, 3.8) is 0 Å². The molecular weight excluding hydrogens is 268 g/mol. The fraction of sp³-hybridized carbons (Fsp3) is 1.00. The highest BCUT2D eigenvalue weighted by Crippen LogP contribution is 2.23. The van der Waals surface area contributed by atoms with E-state index in [4.69, 9.17) is 0 Å². The highest BCUT2D eigenvalue weighted by molar-refractivity contribution is 9.12. The van der Waals surface area contributed by atoms with Gasteiger partial charge in [-0.2, -0.15) is 0 Å². The highest BCUT2D eigenvalue weighted by atomic mass is 79.9. The van der Waals surface area contributed by atoms with Crippen molar-refractivity contribution in [3.05, 3.63) is 0 Å². The Labute approximate surface area is 87.4 Å². The van der Waals surface area contributed by atoms with Crippen LogP contribution in [0.15, 0.2) is 0 Å². The van der Waals surface area contributed by atoms with E-state index in [2.05, 4.69) is 45.7 Å². The van der Waals surface area contributed by atoms with Crippen LogP contribution in [0.5, 0.6) is 0 Å². The Morgan fingerprint density at radius 2 is 1.45 bits per heavy atom. The Hall–Kier alpha value is 0.960. The summed E-state index contributed by atoms with van der Waals surface area (Å²) in [6.45, 7) is 4.47. The van der Waals surface area contributed by atoms with Crippen LogP contribution in [0.4, 0.5) is 0 Å². The summed E-state index contributed by atoms with van der Waals surface area (Å²) in [5.41, 5.74) is 0. The van der Waals surface area contributed by atoms with Gasteiger partial charge in [0, 0.05) is 9.65 Å². The van der Waals surface area contributed by atoms with E-state index in [0.29, 0.717) is 9.65 Å². The molecule has 11 heavy (non-hydrogen) atoms. The third-order valence-corrected chi connectivity index (χ3v) is 4.69. The van der Waals surface area contributed by atoms with Crippen molar-refractivity contribution >= 4 is 31.9 Å². The van der Waals surface area contributed by atoms with Crippen LogP contribution < -0.4 is 0 Å². The van der Waals surface area contributed by atoms with E-state index in [9.17, 15) is 0 Å². The van der Waals surface area contributed by atoms with Crippen molar-refractivity contribution in [2.24, 2.45) is 0 Å². The molecule has 0 aromatic heterocycles. The Kier molecular flexibility index (Phi) is 8.26. The number of halogens is 2. The standard InChI is InChI=1S/C9H18Br2/c1-3-5-7-9(11)8(10)6-4-2/h8-9H,3-7H2,1-2H3/t8-,9-/m0/s1. The summed E-state index contributed by atoms with van der Waals surface area (Å²) in [6, 6.07) is 0. The number of alkyl halides is 2. The van der Waals surface area contributed by atoms with Crippen LogP contribution in [0.3, 0.4) is 0 Å². The number of hydrogen-bond donors (Lipinski definition) is 0. The lowest BCUT2D eigenvalue weighted by atomic mass is 10.1. The Morgan fingerprint density at radius 3 is 1.91 bits per heavy atom. The van der Waals surface area contributed by atoms with Gasteiger partial charge >= 0.3 is 0 Å². The van der Waals surface area contributed by atoms with Crippen molar-refractivity contribution in [2.75, 3.05) is 0 Å². The predicted octanol–water partition coefficient (Wildman–Crippen LogP) is 4.50. The summed E-state index contributed by atoms with van der Waals surface area (Å²) >= 11 is 7.39. The van der Waals surface area contributed by atoms with Crippen molar-refractivity contribution in [1.82, 2.24) is 0 Å². The molecule has 2 heteroatoms. The van der Waals surface area contributed by atoms with Crippen LogP contribution in [0.2, 0.25) is 0 Å². The second-order valence-electron chi connectivity index (χ2n) is 2.96. The lowest BCUT2D eigenvalue weighted by Crippen LogP contribution is -2.13. The zero-order chi connectivity index (χ0) is 8.69. The maximum Gasteiger partial charge on any atom is 0.0271 e. The number of hydrogen-bond acceptors (Lipinski definition) is 0. The SMILES string of the molecule is CCCC[C@H](Br)[C@@H](Br)CCC. The molecule has 2 atom stereocenters. The minimum absolute atomic E-state index is 0.666. The molecule has 0 aliphatic heterocycles. The number of rotatable bonds is 6. The van der Waals surface area contributed by atoms with Gasteiger partial charge < -0.3 is 0 Å². The lowest BCUT2D eigenvalue weighted by Gasteiger charge is -2.14. The molecule has 0 saturated heterocycles. The molecule has 0 aliphatic rings. The molecule has 0 nitrogen and oxygen atoms in total. The molecule has 68 valence electrons. The van der Waals surface area contributed by atoms with Crippen LogP contribution in [0, 0.1) is 0 Å². The van der Waals surface area contributed by atoms with Gasteiger partial charge in [0.2, 0.25) is 0 Å². The summed E-state index contributed by atoms with van der Waals surface area (Å²) in [5, 5.41) is 0. The third-order valence-electron chi connectivity index (χ3n) is 1.79. The minimum Gasteiger partial charge on any atom is -0.0879 e. The van der Waals surface area contributed by atoms with Gasteiger partial charge in [-0.1, -0.05) is 65.0 Å². The molecule has 0 fully saturated rings. The van der Waals surface area contributed by atoms with Crippen molar-refractivity contribution in [1.29, 1.82) is 0 Å². The second kappa shape index (κ2) is 7.60. The quantitative estimate of drug-likeness (QED) is 0.630. The lowest BCUT2D eigenvalue weighted by molar-refractivity contribution is 0.640. The number of unbranched alkanes of at least 4 members (excludes halogenated alkanes) is 1. The van der Waals surface area contributed by atoms with Gasteiger partial charge in [0.1, 0.15) is 0 Å². The molecular formula is C9H18Br2. The molecule has 0 saturated carbocycles. The summed E-state index contributed by atoms with van der Waals surface area (Å²) < 4.78 is 0. The monoisotopic (exact) mass is 284 g/mol. The van der Waals surface area contributed by atoms with Crippen LogP contribution >= 0.6 is 31.9 Å². The summed E-state index contributed by atoms with van der Waals surface area (Å²) in [4.78, 5) is 1.33. The van der Waals surface area contributed by atoms with E-state index >= 15 is 0 Å². The van der Waals surface area contributed by atoms with E-state index in [-0.39, 0.29) is 0 Å². The molecule has 0 aromatic rings. The summed E-state index contributed by atoms with van der Waals surface area (Å²) in [5.74, 6) is 0. The molecule has 0 rings (SSSR count). The Balaban J connectivity index is 3.38. The fourth-order valence-corrected chi connectivity index (χ4v) is 2.35. The third kappa shape index (κ3) is 6.15. The molecule has 0 aliphatic carbocycles. The van der Waals surface area contributed by atoms with Crippen LogP contribution in [-0.4, -0.2) is 9.65 Å². The van der Waals surface area contributed by atoms with Crippen LogP contribution in [-0.2, 0) is 0 Å². The van der Waals surface area contributed by atoms with Gasteiger partial charge in [0.05, 0.1) is 0 Å². The van der Waals surface area contributed by atoms with Crippen LogP contribution in [0.25, 0.3) is 0 Å². The average Bonchev–Trinajstić information content (AvgIpc) is 2.00. The fourth-order valence-electron chi connectivity index (χ4n) is 1.04. The second-order valence-corrected chi connectivity index (χ2v) is 5.32. The largest absolute Gasteiger partial charge is 0.0879 e. The molecule has 0 spiro atoms. The molecule has 0 unspecified atom stereocenters. The van der Waals surface area contributed by atoms with Gasteiger partial charge in [0.25, 0.3) is 0 Å². The average molecular weight is 286 g/mol. The maximum absolute atomic E-state index is 3.70. The first kappa shape index (κ1) is 12.0. The van der Waals surface area contributed by atoms with Crippen molar-refractivity contribution in [2.45, 2.75) is 55.6 Å². The van der Waals surface area contributed by atoms with E-state index < -0.39 is 0 Å². The van der Waals surface area contributed by atoms with Gasteiger partial charge in [-0.05, 0) is 12.8 Å². The molecule has 0 heterocycles. The minimum atomic E-state index is 0.666. The van der Waals surface area contributed by atoms with E-state index in [1.807, 2.05) is 0 Å². The zero-order valence-electron chi connectivity index (χ0n) is 7.45. The predicted molar refractivity (Wildman–Crippen MR) is 59.9 cm³/mol.